The molecule has 0 amide bonds. The number of thiophene rings is 1. The monoisotopic (exact) mass is 412 g/mol. The van der Waals surface area contributed by atoms with Crippen molar-refractivity contribution in [1.29, 1.82) is 0 Å². The lowest BCUT2D eigenvalue weighted by Gasteiger charge is -2.11. The van der Waals surface area contributed by atoms with Crippen LogP contribution in [0.4, 0.5) is 0 Å². The lowest BCUT2D eigenvalue weighted by molar-refractivity contribution is 0.0698. The quantitative estimate of drug-likeness (QED) is 0.524. The number of rotatable bonds is 5. The van der Waals surface area contributed by atoms with E-state index >= 15 is 0 Å². The Morgan fingerprint density at radius 1 is 1.34 bits per heavy atom. The van der Waals surface area contributed by atoms with Crippen molar-refractivity contribution in [3.8, 4) is 0 Å². The van der Waals surface area contributed by atoms with Crippen LogP contribution < -0.4 is 11.2 Å². The maximum Gasteiger partial charge on any atom is 0.337 e. The van der Waals surface area contributed by atoms with Gasteiger partial charge in [0.2, 0.25) is 0 Å². The normalized spacial score (nSPS) is 11.7. The average Bonchev–Trinajstić information content (AvgIpc) is 3.25. The third-order valence-electron chi connectivity index (χ3n) is 4.93. The van der Waals surface area contributed by atoms with Gasteiger partial charge in [0, 0.05) is 54.4 Å². The molecule has 0 spiro atoms. The van der Waals surface area contributed by atoms with Gasteiger partial charge in [-0.3, -0.25) is 18.9 Å². The number of aromatic amines is 1. The number of H-pyrrole nitrogens is 1. The summed E-state index contributed by atoms with van der Waals surface area (Å²) in [4.78, 5) is 45.9. The van der Waals surface area contributed by atoms with Crippen LogP contribution in [0, 0.1) is 5.92 Å². The van der Waals surface area contributed by atoms with Crippen LogP contribution in [0.15, 0.2) is 34.2 Å². The molecule has 0 bridgehead atoms. The summed E-state index contributed by atoms with van der Waals surface area (Å²) in [7, 11) is 1.38. The van der Waals surface area contributed by atoms with E-state index in [-0.39, 0.29) is 16.9 Å². The van der Waals surface area contributed by atoms with Gasteiger partial charge in [0.25, 0.3) is 5.56 Å². The van der Waals surface area contributed by atoms with Crippen molar-refractivity contribution >= 4 is 38.4 Å². The molecule has 4 rings (SSSR count). The van der Waals surface area contributed by atoms with Crippen LogP contribution in [-0.4, -0.2) is 30.2 Å². The molecule has 0 saturated carbocycles. The second-order valence-corrected chi connectivity index (χ2v) is 8.53. The third-order valence-corrected chi connectivity index (χ3v) is 6.14. The highest BCUT2D eigenvalue weighted by Gasteiger charge is 2.26. The smallest absolute Gasteiger partial charge is 0.337 e. The predicted molar refractivity (Wildman–Crippen MR) is 112 cm³/mol. The van der Waals surface area contributed by atoms with E-state index in [1.807, 2.05) is 26.1 Å². The number of fused-ring (bicyclic) bond motifs is 2. The second-order valence-electron chi connectivity index (χ2n) is 7.45. The maximum atomic E-state index is 12.8. The molecule has 0 aliphatic carbocycles. The minimum atomic E-state index is -1.17. The number of hydrogen-bond acceptors (Lipinski definition) is 5. The van der Waals surface area contributed by atoms with Gasteiger partial charge in [0.1, 0.15) is 4.83 Å². The van der Waals surface area contributed by atoms with Gasteiger partial charge in [-0.25, -0.2) is 9.59 Å². The van der Waals surface area contributed by atoms with Gasteiger partial charge in [-0.2, -0.15) is 0 Å². The Labute approximate surface area is 169 Å². The molecule has 0 aliphatic heterocycles. The van der Waals surface area contributed by atoms with E-state index in [4.69, 9.17) is 0 Å². The van der Waals surface area contributed by atoms with Gasteiger partial charge < -0.3 is 10.1 Å². The fraction of sp³-hybridized carbons (Fsp3) is 0.300. The van der Waals surface area contributed by atoms with E-state index < -0.39 is 17.2 Å². The molecule has 2 N–H and O–H groups in total. The number of hydrogen-bond donors (Lipinski definition) is 2. The van der Waals surface area contributed by atoms with Gasteiger partial charge in [-0.15, -0.1) is 11.3 Å². The van der Waals surface area contributed by atoms with Crippen LogP contribution in [0.25, 0.3) is 21.1 Å². The molecule has 0 unspecified atom stereocenters. The fourth-order valence-electron chi connectivity index (χ4n) is 3.59. The number of carboxylic acid groups (broad SMARTS) is 1. The maximum absolute atomic E-state index is 12.8. The molecule has 0 aliphatic rings. The first-order valence-electron chi connectivity index (χ1n) is 9.18. The zero-order valence-corrected chi connectivity index (χ0v) is 17.0. The Kier molecular flexibility index (Phi) is 4.62. The van der Waals surface area contributed by atoms with Crippen molar-refractivity contribution in [3.05, 3.63) is 61.5 Å². The molecule has 0 atom stereocenters. The molecule has 150 valence electrons. The number of nitrogens with one attached hydrogen (secondary N) is 1. The first-order chi connectivity index (χ1) is 13.8. The average molecular weight is 412 g/mol. The first kappa shape index (κ1) is 19.1. The van der Waals surface area contributed by atoms with Crippen molar-refractivity contribution in [2.45, 2.75) is 26.8 Å². The van der Waals surface area contributed by atoms with E-state index in [2.05, 4.69) is 9.97 Å². The third kappa shape index (κ3) is 3.07. The van der Waals surface area contributed by atoms with Crippen LogP contribution >= 0.6 is 11.3 Å². The SMILES string of the molecule is CC(C)Cn1c(=O)n(C)c(=O)c2c(C(=O)O)c(Cc3c[nH]c4ccncc34)sc21. The summed E-state index contributed by atoms with van der Waals surface area (Å²) in [5.74, 6) is -1.01. The Morgan fingerprint density at radius 2 is 2.10 bits per heavy atom. The van der Waals surface area contributed by atoms with Crippen LogP contribution in [0.5, 0.6) is 0 Å². The Bertz CT molecular complexity index is 1370. The van der Waals surface area contributed by atoms with E-state index in [9.17, 15) is 19.5 Å². The topological polar surface area (TPSA) is 110 Å². The summed E-state index contributed by atoms with van der Waals surface area (Å²) in [5.41, 5.74) is 0.751. The highest BCUT2D eigenvalue weighted by Crippen LogP contribution is 2.32. The Balaban J connectivity index is 2.01. The summed E-state index contributed by atoms with van der Waals surface area (Å²) >= 11 is 1.20. The fourth-order valence-corrected chi connectivity index (χ4v) is 4.90. The molecule has 4 heterocycles. The molecule has 4 aromatic rings. The number of aromatic carboxylic acids is 1. The van der Waals surface area contributed by atoms with E-state index in [1.54, 1.807) is 12.4 Å². The highest BCUT2D eigenvalue weighted by atomic mass is 32.1. The first-order valence-corrected chi connectivity index (χ1v) is 9.99. The molecule has 0 saturated heterocycles. The van der Waals surface area contributed by atoms with E-state index in [1.165, 1.54) is 23.0 Å². The molecule has 4 aromatic heterocycles. The van der Waals surface area contributed by atoms with Gasteiger partial charge in [-0.05, 0) is 17.5 Å². The summed E-state index contributed by atoms with van der Waals surface area (Å²) < 4.78 is 2.50. The minimum Gasteiger partial charge on any atom is -0.478 e. The Hall–Kier alpha value is -3.20. The minimum absolute atomic E-state index is 0.0265. The predicted octanol–water partition coefficient (Wildman–Crippen LogP) is 2.58. The van der Waals surface area contributed by atoms with E-state index in [0.717, 1.165) is 21.0 Å². The molecule has 8 nitrogen and oxygen atoms in total. The van der Waals surface area contributed by atoms with Crippen LogP contribution in [0.2, 0.25) is 0 Å². The van der Waals surface area contributed by atoms with Gasteiger partial charge >= 0.3 is 11.7 Å². The molecule has 0 radical (unpaired) electrons. The van der Waals surface area contributed by atoms with Gasteiger partial charge in [0.15, 0.2) is 0 Å². The number of pyridine rings is 1. The molecule has 0 aromatic carbocycles. The lowest BCUT2D eigenvalue weighted by atomic mass is 10.1. The highest BCUT2D eigenvalue weighted by molar-refractivity contribution is 7.19. The number of aromatic nitrogens is 4. The summed E-state index contributed by atoms with van der Waals surface area (Å²) in [6.07, 6.45) is 5.55. The van der Waals surface area contributed by atoms with Crippen molar-refractivity contribution in [3.63, 3.8) is 0 Å². The van der Waals surface area contributed by atoms with Gasteiger partial charge in [-0.1, -0.05) is 13.8 Å². The second kappa shape index (κ2) is 7.00. The van der Waals surface area contributed by atoms with Gasteiger partial charge in [0.05, 0.1) is 10.9 Å². The molecular formula is C20H20N4O4S. The largest absolute Gasteiger partial charge is 0.478 e. The van der Waals surface area contributed by atoms with Crippen molar-refractivity contribution in [2.24, 2.45) is 13.0 Å². The summed E-state index contributed by atoms with van der Waals surface area (Å²) in [5, 5.41) is 10.9. The summed E-state index contributed by atoms with van der Waals surface area (Å²) in [6, 6.07) is 1.85. The molecule has 29 heavy (non-hydrogen) atoms. The number of carbonyl (C=O) groups is 1. The zero-order valence-electron chi connectivity index (χ0n) is 16.2. The molecule has 9 heteroatoms. The van der Waals surface area contributed by atoms with Crippen LogP contribution in [-0.2, 0) is 20.0 Å². The van der Waals surface area contributed by atoms with E-state index in [0.29, 0.717) is 22.7 Å². The molecule has 0 fully saturated rings. The lowest BCUT2D eigenvalue weighted by Crippen LogP contribution is -2.38. The van der Waals surface area contributed by atoms with Crippen molar-refractivity contribution < 1.29 is 9.90 Å². The van der Waals surface area contributed by atoms with Crippen molar-refractivity contribution in [1.82, 2.24) is 19.1 Å². The Morgan fingerprint density at radius 3 is 2.79 bits per heavy atom. The van der Waals surface area contributed by atoms with Crippen molar-refractivity contribution in [2.75, 3.05) is 0 Å². The molecular weight excluding hydrogens is 392 g/mol. The summed E-state index contributed by atoms with van der Waals surface area (Å²) in [6.45, 7) is 4.34. The zero-order chi connectivity index (χ0) is 20.9. The standard InChI is InChI=1S/C20H20N4O4S/c1-10(2)9-24-18-16(17(25)23(3)20(24)28)15(19(26)27)14(29-18)6-11-7-22-13-4-5-21-8-12(11)13/h4-5,7-8,10,22H,6,9H2,1-3H3,(H,26,27). The number of nitrogens with zero attached hydrogens (tertiary/aromatic N) is 3. The van der Waals surface area contributed by atoms with Crippen LogP contribution in [0.1, 0.15) is 34.6 Å². The number of carboxylic acids is 1. The van der Waals surface area contributed by atoms with Crippen LogP contribution in [0.3, 0.4) is 0 Å².